The third-order valence-corrected chi connectivity index (χ3v) is 3.43. The van der Waals surface area contributed by atoms with Crippen LogP contribution >= 0.6 is 11.8 Å². The molecule has 88 valence electrons. The maximum Gasteiger partial charge on any atom is 0.176 e. The summed E-state index contributed by atoms with van der Waals surface area (Å²) in [6.07, 6.45) is 3.36. The van der Waals surface area contributed by atoms with Crippen molar-refractivity contribution in [1.29, 1.82) is 0 Å². The SMILES string of the molecule is Cc1ccc(SCC(=O)c2cnn(C)c2)cc1. The van der Waals surface area contributed by atoms with Gasteiger partial charge in [-0.2, -0.15) is 5.10 Å². The Morgan fingerprint density at radius 2 is 2.06 bits per heavy atom. The largest absolute Gasteiger partial charge is 0.293 e. The van der Waals surface area contributed by atoms with Crippen molar-refractivity contribution in [2.24, 2.45) is 7.05 Å². The van der Waals surface area contributed by atoms with Crippen LogP contribution in [0.1, 0.15) is 15.9 Å². The zero-order chi connectivity index (χ0) is 12.3. The minimum atomic E-state index is 0.115. The van der Waals surface area contributed by atoms with Gasteiger partial charge in [0.05, 0.1) is 17.5 Å². The summed E-state index contributed by atoms with van der Waals surface area (Å²) in [7, 11) is 1.81. The van der Waals surface area contributed by atoms with Gasteiger partial charge < -0.3 is 0 Å². The standard InChI is InChI=1S/C13H14N2OS/c1-10-3-5-12(6-4-10)17-9-13(16)11-7-14-15(2)8-11/h3-8H,9H2,1-2H3. The number of carbonyl (C=O) groups excluding carboxylic acids is 1. The molecular weight excluding hydrogens is 232 g/mol. The maximum absolute atomic E-state index is 11.8. The van der Waals surface area contributed by atoms with Crippen LogP contribution in [-0.4, -0.2) is 21.3 Å². The smallest absolute Gasteiger partial charge is 0.176 e. The topological polar surface area (TPSA) is 34.9 Å². The van der Waals surface area contributed by atoms with Crippen molar-refractivity contribution >= 4 is 17.5 Å². The number of aryl methyl sites for hydroxylation is 2. The molecule has 0 saturated heterocycles. The molecule has 0 unspecified atom stereocenters. The van der Waals surface area contributed by atoms with Gasteiger partial charge in [0.2, 0.25) is 0 Å². The summed E-state index contributed by atoms with van der Waals surface area (Å²) in [6.45, 7) is 2.05. The molecule has 1 aromatic heterocycles. The van der Waals surface area contributed by atoms with Crippen molar-refractivity contribution in [1.82, 2.24) is 9.78 Å². The molecule has 0 aliphatic rings. The fourth-order valence-corrected chi connectivity index (χ4v) is 2.22. The van der Waals surface area contributed by atoms with Crippen molar-refractivity contribution < 1.29 is 4.79 Å². The van der Waals surface area contributed by atoms with E-state index < -0.39 is 0 Å². The molecule has 17 heavy (non-hydrogen) atoms. The number of Topliss-reactive ketones (excluding diaryl/α,β-unsaturated/α-hetero) is 1. The second-order valence-corrected chi connectivity index (χ2v) is 4.98. The number of carbonyl (C=O) groups is 1. The Kier molecular flexibility index (Phi) is 3.64. The minimum Gasteiger partial charge on any atom is -0.293 e. The molecular formula is C13H14N2OS. The van der Waals surface area contributed by atoms with E-state index in [1.165, 1.54) is 5.56 Å². The highest BCUT2D eigenvalue weighted by molar-refractivity contribution is 8.00. The molecule has 0 radical (unpaired) electrons. The van der Waals surface area contributed by atoms with Gasteiger partial charge >= 0.3 is 0 Å². The lowest BCUT2D eigenvalue weighted by molar-refractivity contribution is 0.102. The molecule has 4 heteroatoms. The van der Waals surface area contributed by atoms with E-state index in [0.717, 1.165) is 4.90 Å². The number of aromatic nitrogens is 2. The van der Waals surface area contributed by atoms with Crippen LogP contribution in [0.15, 0.2) is 41.6 Å². The predicted molar refractivity (Wildman–Crippen MR) is 69.4 cm³/mol. The molecule has 0 aliphatic heterocycles. The average Bonchev–Trinajstić information content (AvgIpc) is 2.75. The number of nitrogens with zero attached hydrogens (tertiary/aromatic N) is 2. The summed E-state index contributed by atoms with van der Waals surface area (Å²) in [4.78, 5) is 12.9. The highest BCUT2D eigenvalue weighted by atomic mass is 32.2. The van der Waals surface area contributed by atoms with Crippen LogP contribution in [0.25, 0.3) is 0 Å². The fraction of sp³-hybridized carbons (Fsp3) is 0.231. The number of benzene rings is 1. The van der Waals surface area contributed by atoms with Crippen molar-refractivity contribution in [3.05, 3.63) is 47.8 Å². The quantitative estimate of drug-likeness (QED) is 0.614. The molecule has 0 amide bonds. The Labute approximate surface area is 105 Å². The van der Waals surface area contributed by atoms with E-state index in [9.17, 15) is 4.79 Å². The van der Waals surface area contributed by atoms with Crippen molar-refractivity contribution in [2.75, 3.05) is 5.75 Å². The van der Waals surface area contributed by atoms with Crippen molar-refractivity contribution in [3.8, 4) is 0 Å². The lowest BCUT2D eigenvalue weighted by Crippen LogP contribution is -2.00. The summed E-state index contributed by atoms with van der Waals surface area (Å²) >= 11 is 1.55. The molecule has 1 heterocycles. The highest BCUT2D eigenvalue weighted by Crippen LogP contribution is 2.19. The predicted octanol–water partition coefficient (Wildman–Crippen LogP) is 2.70. The molecule has 0 fully saturated rings. The molecule has 2 rings (SSSR count). The molecule has 0 bridgehead atoms. The summed E-state index contributed by atoms with van der Waals surface area (Å²) in [5.74, 6) is 0.568. The zero-order valence-corrected chi connectivity index (χ0v) is 10.7. The lowest BCUT2D eigenvalue weighted by Gasteiger charge is -2.00. The van der Waals surface area contributed by atoms with Crippen LogP contribution in [0.4, 0.5) is 0 Å². The van der Waals surface area contributed by atoms with Crippen LogP contribution in [0.3, 0.4) is 0 Å². The maximum atomic E-state index is 11.8. The van der Waals surface area contributed by atoms with Crippen LogP contribution in [0.2, 0.25) is 0 Å². The molecule has 0 saturated carbocycles. The number of ketones is 1. The second-order valence-electron chi connectivity index (χ2n) is 3.93. The summed E-state index contributed by atoms with van der Waals surface area (Å²) in [6, 6.07) is 8.18. The first kappa shape index (κ1) is 11.9. The molecule has 3 nitrogen and oxygen atoms in total. The molecule has 0 aliphatic carbocycles. The monoisotopic (exact) mass is 246 g/mol. The summed E-state index contributed by atoms with van der Waals surface area (Å²) in [5, 5.41) is 3.99. The Bertz CT molecular complexity index is 516. The van der Waals surface area contributed by atoms with Gasteiger partial charge in [0.25, 0.3) is 0 Å². The Morgan fingerprint density at radius 3 is 2.65 bits per heavy atom. The third-order valence-electron chi connectivity index (χ3n) is 2.42. The van der Waals surface area contributed by atoms with Gasteiger partial charge in [-0.25, -0.2) is 0 Å². The van der Waals surface area contributed by atoms with Gasteiger partial charge in [-0.1, -0.05) is 17.7 Å². The number of hydrogen-bond donors (Lipinski definition) is 0. The Balaban J connectivity index is 1.94. The highest BCUT2D eigenvalue weighted by Gasteiger charge is 2.08. The van der Waals surface area contributed by atoms with Crippen molar-refractivity contribution in [2.45, 2.75) is 11.8 Å². The Morgan fingerprint density at radius 1 is 1.35 bits per heavy atom. The first-order valence-corrected chi connectivity index (χ1v) is 6.35. The number of rotatable bonds is 4. The van der Waals surface area contributed by atoms with Gasteiger partial charge in [-0.05, 0) is 19.1 Å². The summed E-state index contributed by atoms with van der Waals surface area (Å²) in [5.41, 5.74) is 1.90. The van der Waals surface area contributed by atoms with Crippen LogP contribution in [0, 0.1) is 6.92 Å². The van der Waals surface area contributed by atoms with Gasteiger partial charge in [0.15, 0.2) is 5.78 Å². The van der Waals surface area contributed by atoms with Crippen LogP contribution < -0.4 is 0 Å². The minimum absolute atomic E-state index is 0.115. The molecule has 1 aromatic carbocycles. The Hall–Kier alpha value is -1.55. The van der Waals surface area contributed by atoms with E-state index in [2.05, 4.69) is 24.2 Å². The molecule has 0 atom stereocenters. The fourth-order valence-electron chi connectivity index (χ4n) is 1.43. The van der Waals surface area contributed by atoms with Gasteiger partial charge in [-0.3, -0.25) is 9.48 Å². The molecule has 0 spiro atoms. The first-order valence-electron chi connectivity index (χ1n) is 5.36. The van der Waals surface area contributed by atoms with Gasteiger partial charge in [0, 0.05) is 18.1 Å². The lowest BCUT2D eigenvalue weighted by atomic mass is 10.2. The molecule has 2 aromatic rings. The van der Waals surface area contributed by atoms with Gasteiger partial charge in [-0.15, -0.1) is 11.8 Å². The van der Waals surface area contributed by atoms with Gasteiger partial charge in [0.1, 0.15) is 0 Å². The van der Waals surface area contributed by atoms with Crippen LogP contribution in [-0.2, 0) is 7.05 Å². The van der Waals surface area contributed by atoms with E-state index in [0.29, 0.717) is 11.3 Å². The molecule has 0 N–H and O–H groups in total. The zero-order valence-electron chi connectivity index (χ0n) is 9.88. The number of thioether (sulfide) groups is 1. The van der Waals surface area contributed by atoms with Crippen LogP contribution in [0.5, 0.6) is 0 Å². The van der Waals surface area contributed by atoms with E-state index in [1.807, 2.05) is 19.2 Å². The van der Waals surface area contributed by atoms with E-state index in [-0.39, 0.29) is 5.78 Å². The van der Waals surface area contributed by atoms with E-state index in [4.69, 9.17) is 0 Å². The second kappa shape index (κ2) is 5.19. The first-order chi connectivity index (χ1) is 8.15. The normalized spacial score (nSPS) is 10.5. The van der Waals surface area contributed by atoms with E-state index >= 15 is 0 Å². The van der Waals surface area contributed by atoms with Crippen molar-refractivity contribution in [3.63, 3.8) is 0 Å². The summed E-state index contributed by atoms with van der Waals surface area (Å²) < 4.78 is 1.64. The van der Waals surface area contributed by atoms with E-state index in [1.54, 1.807) is 28.8 Å². The third kappa shape index (κ3) is 3.20. The average molecular weight is 246 g/mol. The number of hydrogen-bond acceptors (Lipinski definition) is 3.